The molecule has 0 aliphatic carbocycles. The van der Waals surface area contributed by atoms with Crippen molar-refractivity contribution in [2.24, 2.45) is 16.2 Å². The lowest BCUT2D eigenvalue weighted by Gasteiger charge is -2.37. The van der Waals surface area contributed by atoms with Crippen molar-refractivity contribution in [2.75, 3.05) is 13.2 Å². The standard InChI is InChI=1S/C22H38N2O6/c1-19(2,3)14(15(25)26)23-16(27)21(7,8)13-30-18(29)22(9)11-10-12-24(22)17(28)20(4,5)6/h14H,10-13H2,1-9H3,(H,23,27)(H,25,26)/t14-,22+/m1/s1. The first-order chi connectivity index (χ1) is 13.3. The molecule has 2 N–H and O–H groups in total. The lowest BCUT2D eigenvalue weighted by Crippen LogP contribution is -2.56. The van der Waals surface area contributed by atoms with Crippen LogP contribution in [0.4, 0.5) is 0 Å². The number of esters is 1. The molecule has 0 saturated carbocycles. The highest BCUT2D eigenvalue weighted by molar-refractivity contribution is 5.91. The van der Waals surface area contributed by atoms with Gasteiger partial charge >= 0.3 is 11.9 Å². The van der Waals surface area contributed by atoms with E-state index in [-0.39, 0.29) is 12.5 Å². The number of rotatable bonds is 6. The van der Waals surface area contributed by atoms with Crippen LogP contribution in [0.2, 0.25) is 0 Å². The van der Waals surface area contributed by atoms with Crippen molar-refractivity contribution >= 4 is 23.8 Å². The van der Waals surface area contributed by atoms with E-state index in [1.54, 1.807) is 67.2 Å². The Morgan fingerprint density at radius 1 is 1.07 bits per heavy atom. The zero-order valence-corrected chi connectivity index (χ0v) is 19.8. The normalized spacial score (nSPS) is 21.2. The van der Waals surface area contributed by atoms with Crippen LogP contribution in [0, 0.1) is 16.2 Å². The van der Waals surface area contributed by atoms with Gasteiger partial charge in [0.2, 0.25) is 11.8 Å². The first-order valence-electron chi connectivity index (χ1n) is 10.4. The number of nitrogens with zero attached hydrogens (tertiary/aromatic N) is 1. The van der Waals surface area contributed by atoms with E-state index < -0.39 is 45.7 Å². The summed E-state index contributed by atoms with van der Waals surface area (Å²) in [5, 5.41) is 12.0. The van der Waals surface area contributed by atoms with E-state index in [2.05, 4.69) is 5.32 Å². The second kappa shape index (κ2) is 8.55. The topological polar surface area (TPSA) is 113 Å². The summed E-state index contributed by atoms with van der Waals surface area (Å²) in [6, 6.07) is -1.08. The van der Waals surface area contributed by atoms with Gasteiger partial charge in [0.25, 0.3) is 0 Å². The number of hydrogen-bond donors (Lipinski definition) is 2. The molecule has 1 aliphatic rings. The third-order valence-electron chi connectivity index (χ3n) is 5.53. The van der Waals surface area contributed by atoms with Gasteiger partial charge in [0.15, 0.2) is 0 Å². The minimum atomic E-state index is -1.14. The maximum atomic E-state index is 12.9. The summed E-state index contributed by atoms with van der Waals surface area (Å²) in [4.78, 5) is 51.5. The number of carboxylic acids is 1. The van der Waals surface area contributed by atoms with E-state index in [9.17, 15) is 24.3 Å². The molecule has 0 aromatic carbocycles. The zero-order chi connectivity index (χ0) is 23.7. The van der Waals surface area contributed by atoms with Gasteiger partial charge in [-0.15, -0.1) is 0 Å². The largest absolute Gasteiger partial charge is 0.480 e. The Kier molecular flexibility index (Phi) is 7.39. The molecule has 2 atom stereocenters. The van der Waals surface area contributed by atoms with Crippen molar-refractivity contribution in [1.29, 1.82) is 0 Å². The third kappa shape index (κ3) is 5.73. The van der Waals surface area contributed by atoms with Gasteiger partial charge in [0.05, 0.1) is 5.41 Å². The number of aliphatic carboxylic acids is 1. The third-order valence-corrected chi connectivity index (χ3v) is 5.53. The lowest BCUT2D eigenvalue weighted by atomic mass is 9.85. The quantitative estimate of drug-likeness (QED) is 0.631. The summed E-state index contributed by atoms with van der Waals surface area (Å²) in [5.74, 6) is -2.31. The molecular formula is C22H38N2O6. The molecule has 1 heterocycles. The maximum Gasteiger partial charge on any atom is 0.331 e. The minimum Gasteiger partial charge on any atom is -0.480 e. The minimum absolute atomic E-state index is 0.120. The molecule has 0 unspecified atom stereocenters. The second-order valence-electron chi connectivity index (χ2n) is 11.2. The van der Waals surface area contributed by atoms with Crippen LogP contribution in [0.15, 0.2) is 0 Å². The molecule has 8 nitrogen and oxygen atoms in total. The van der Waals surface area contributed by atoms with E-state index in [0.29, 0.717) is 19.4 Å². The van der Waals surface area contributed by atoms with E-state index in [1.165, 1.54) is 0 Å². The average Bonchev–Trinajstić information content (AvgIpc) is 2.97. The fourth-order valence-electron chi connectivity index (χ4n) is 3.35. The predicted octanol–water partition coefficient (Wildman–Crippen LogP) is 2.60. The Bertz CT molecular complexity index is 701. The Balaban J connectivity index is 2.88. The summed E-state index contributed by atoms with van der Waals surface area (Å²) in [6.45, 7) is 15.7. The van der Waals surface area contributed by atoms with E-state index in [0.717, 1.165) is 0 Å². The molecule has 172 valence electrons. The van der Waals surface area contributed by atoms with E-state index in [4.69, 9.17) is 4.74 Å². The Morgan fingerprint density at radius 2 is 1.60 bits per heavy atom. The molecular weight excluding hydrogens is 388 g/mol. The van der Waals surface area contributed by atoms with E-state index in [1.807, 2.05) is 0 Å². The smallest absolute Gasteiger partial charge is 0.331 e. The van der Waals surface area contributed by atoms with Crippen LogP contribution < -0.4 is 5.32 Å². The molecule has 2 amide bonds. The molecule has 1 saturated heterocycles. The van der Waals surface area contributed by atoms with Gasteiger partial charge in [-0.2, -0.15) is 0 Å². The van der Waals surface area contributed by atoms with Crippen LogP contribution in [-0.2, 0) is 23.9 Å². The number of ether oxygens (including phenoxy) is 1. The van der Waals surface area contributed by atoms with Gasteiger partial charge in [0.1, 0.15) is 18.2 Å². The zero-order valence-electron chi connectivity index (χ0n) is 19.8. The molecule has 30 heavy (non-hydrogen) atoms. The van der Waals surface area contributed by atoms with Crippen LogP contribution in [0.3, 0.4) is 0 Å². The molecule has 8 heteroatoms. The SMILES string of the molecule is CC(C)(C)C(=O)N1CCC[C@@]1(C)C(=O)OCC(C)(C)C(=O)N[C@H](C(=O)O)C(C)(C)C. The van der Waals surface area contributed by atoms with Crippen LogP contribution in [0.5, 0.6) is 0 Å². The summed E-state index contributed by atoms with van der Waals surface area (Å²) in [6.07, 6.45) is 1.19. The number of nitrogens with one attached hydrogen (secondary N) is 1. The molecule has 1 fully saturated rings. The maximum absolute atomic E-state index is 12.9. The Hall–Kier alpha value is -2.12. The second-order valence-corrected chi connectivity index (χ2v) is 11.2. The van der Waals surface area contributed by atoms with Crippen LogP contribution >= 0.6 is 0 Å². The summed E-state index contributed by atoms with van der Waals surface area (Å²) >= 11 is 0. The van der Waals surface area contributed by atoms with Crippen LogP contribution in [0.1, 0.15) is 75.2 Å². The van der Waals surface area contributed by atoms with Gasteiger partial charge in [-0.05, 0) is 39.0 Å². The molecule has 0 bridgehead atoms. The first kappa shape index (κ1) is 25.9. The highest BCUT2D eigenvalue weighted by atomic mass is 16.5. The summed E-state index contributed by atoms with van der Waals surface area (Å²) < 4.78 is 5.49. The van der Waals surface area contributed by atoms with Gasteiger partial charge in [-0.1, -0.05) is 41.5 Å². The number of likely N-dealkylation sites (tertiary alicyclic amines) is 1. The van der Waals surface area contributed by atoms with Gasteiger partial charge in [0, 0.05) is 12.0 Å². The van der Waals surface area contributed by atoms with E-state index >= 15 is 0 Å². The summed E-state index contributed by atoms with van der Waals surface area (Å²) in [5.41, 5.74) is -3.52. The fraction of sp³-hybridized carbons (Fsp3) is 0.818. The first-order valence-corrected chi connectivity index (χ1v) is 10.4. The van der Waals surface area contributed by atoms with Gasteiger partial charge in [-0.3, -0.25) is 9.59 Å². The van der Waals surface area contributed by atoms with Gasteiger partial charge in [-0.25, -0.2) is 9.59 Å². The Labute approximate surface area is 179 Å². The number of hydrogen-bond acceptors (Lipinski definition) is 5. The highest BCUT2D eigenvalue weighted by Gasteiger charge is 2.49. The number of carboxylic acid groups (broad SMARTS) is 1. The van der Waals surface area contributed by atoms with Crippen LogP contribution in [-0.4, -0.2) is 58.5 Å². The fourth-order valence-corrected chi connectivity index (χ4v) is 3.35. The lowest BCUT2D eigenvalue weighted by molar-refractivity contribution is -0.167. The predicted molar refractivity (Wildman–Crippen MR) is 113 cm³/mol. The number of amides is 2. The van der Waals surface area contributed by atoms with Crippen molar-refractivity contribution in [1.82, 2.24) is 10.2 Å². The van der Waals surface area contributed by atoms with Crippen molar-refractivity contribution in [3.05, 3.63) is 0 Å². The molecule has 1 aliphatic heterocycles. The monoisotopic (exact) mass is 426 g/mol. The van der Waals surface area contributed by atoms with Gasteiger partial charge < -0.3 is 20.1 Å². The number of carbonyl (C=O) groups excluding carboxylic acids is 3. The molecule has 0 spiro atoms. The summed E-state index contributed by atoms with van der Waals surface area (Å²) in [7, 11) is 0. The van der Waals surface area contributed by atoms with Crippen molar-refractivity contribution in [3.63, 3.8) is 0 Å². The highest BCUT2D eigenvalue weighted by Crippen LogP contribution is 2.34. The molecule has 1 rings (SSSR count). The molecule has 0 aromatic rings. The van der Waals surface area contributed by atoms with Crippen molar-refractivity contribution < 1.29 is 29.0 Å². The van der Waals surface area contributed by atoms with Crippen molar-refractivity contribution in [3.8, 4) is 0 Å². The average molecular weight is 427 g/mol. The van der Waals surface area contributed by atoms with Crippen LogP contribution in [0.25, 0.3) is 0 Å². The molecule has 0 radical (unpaired) electrons. The molecule has 0 aromatic heterocycles. The number of carbonyl (C=O) groups is 4. The van der Waals surface area contributed by atoms with Crippen molar-refractivity contribution in [2.45, 2.75) is 86.7 Å². The Morgan fingerprint density at radius 3 is 2.03 bits per heavy atom.